The summed E-state index contributed by atoms with van der Waals surface area (Å²) >= 11 is 0. The maximum atomic E-state index is 12.8. The number of carbonyl (C=O) groups is 2. The molecule has 1 aromatic carbocycles. The van der Waals surface area contributed by atoms with Crippen LogP contribution in [0.1, 0.15) is 37.8 Å². The third-order valence-corrected chi connectivity index (χ3v) is 3.11. The first-order valence-electron chi connectivity index (χ1n) is 6.14. The van der Waals surface area contributed by atoms with E-state index in [0.717, 1.165) is 5.56 Å². The van der Waals surface area contributed by atoms with E-state index in [1.807, 2.05) is 6.92 Å². The van der Waals surface area contributed by atoms with Gasteiger partial charge in [-0.1, -0.05) is 12.1 Å². The molecule has 0 aliphatic carbocycles. The van der Waals surface area contributed by atoms with Crippen LogP contribution in [0.25, 0.3) is 0 Å². The monoisotopic (exact) mass is 267 g/mol. The van der Waals surface area contributed by atoms with Crippen LogP contribution < -0.4 is 0 Å². The van der Waals surface area contributed by atoms with Gasteiger partial charge in [-0.15, -0.1) is 0 Å². The molecule has 1 aromatic rings. The predicted molar refractivity (Wildman–Crippen MR) is 69.1 cm³/mol. The van der Waals surface area contributed by atoms with Gasteiger partial charge in [0.25, 0.3) is 0 Å². The van der Waals surface area contributed by atoms with E-state index < -0.39 is 5.97 Å². The first-order valence-corrected chi connectivity index (χ1v) is 6.14. The highest BCUT2D eigenvalue weighted by Gasteiger charge is 2.17. The summed E-state index contributed by atoms with van der Waals surface area (Å²) in [5, 5.41) is 8.52. The van der Waals surface area contributed by atoms with Gasteiger partial charge in [0.05, 0.1) is 6.04 Å². The number of hydrogen-bond acceptors (Lipinski definition) is 2. The van der Waals surface area contributed by atoms with E-state index in [9.17, 15) is 14.0 Å². The van der Waals surface area contributed by atoms with Crippen LogP contribution in [0.2, 0.25) is 0 Å². The Morgan fingerprint density at radius 3 is 2.37 bits per heavy atom. The van der Waals surface area contributed by atoms with Crippen molar-refractivity contribution in [2.45, 2.75) is 32.2 Å². The van der Waals surface area contributed by atoms with E-state index >= 15 is 0 Å². The molecule has 19 heavy (non-hydrogen) atoms. The highest BCUT2D eigenvalue weighted by atomic mass is 19.1. The molecule has 1 unspecified atom stereocenters. The van der Waals surface area contributed by atoms with Crippen LogP contribution in [-0.4, -0.2) is 28.9 Å². The molecule has 0 bridgehead atoms. The van der Waals surface area contributed by atoms with Crippen LogP contribution in [0.4, 0.5) is 4.39 Å². The van der Waals surface area contributed by atoms with Crippen LogP contribution in [-0.2, 0) is 9.59 Å². The maximum absolute atomic E-state index is 12.8. The summed E-state index contributed by atoms with van der Waals surface area (Å²) in [5.74, 6) is -1.33. The quantitative estimate of drug-likeness (QED) is 0.862. The third kappa shape index (κ3) is 4.69. The van der Waals surface area contributed by atoms with Crippen LogP contribution in [0, 0.1) is 5.82 Å². The standard InChI is InChI=1S/C14H18FNO3/c1-10(11-6-8-12(15)9-7-11)16(2)13(17)4-3-5-14(18)19/h6-10H,3-5H2,1-2H3,(H,18,19). The summed E-state index contributed by atoms with van der Waals surface area (Å²) in [6.45, 7) is 1.85. The fraction of sp³-hybridized carbons (Fsp3) is 0.429. The van der Waals surface area contributed by atoms with E-state index in [-0.39, 0.29) is 30.6 Å². The van der Waals surface area contributed by atoms with Gasteiger partial charge in [0, 0.05) is 19.9 Å². The van der Waals surface area contributed by atoms with E-state index in [1.54, 1.807) is 24.1 Å². The molecule has 0 aromatic heterocycles. The first-order chi connectivity index (χ1) is 8.91. The van der Waals surface area contributed by atoms with Gasteiger partial charge in [0.2, 0.25) is 5.91 Å². The predicted octanol–water partition coefficient (Wildman–Crippen LogP) is 2.60. The molecule has 0 radical (unpaired) electrons. The van der Waals surface area contributed by atoms with Gasteiger partial charge < -0.3 is 10.0 Å². The molecule has 1 rings (SSSR count). The lowest BCUT2D eigenvalue weighted by Gasteiger charge is -2.25. The molecule has 1 amide bonds. The minimum atomic E-state index is -0.901. The molecule has 0 saturated carbocycles. The summed E-state index contributed by atoms with van der Waals surface area (Å²) in [4.78, 5) is 23.8. The van der Waals surface area contributed by atoms with Crippen molar-refractivity contribution in [1.82, 2.24) is 4.90 Å². The average molecular weight is 267 g/mol. The molecule has 1 N–H and O–H groups in total. The van der Waals surface area contributed by atoms with E-state index in [1.165, 1.54) is 12.1 Å². The number of carboxylic acids is 1. The Kier molecular flexibility index (Phi) is 5.48. The van der Waals surface area contributed by atoms with Crippen molar-refractivity contribution in [3.63, 3.8) is 0 Å². The zero-order valence-electron chi connectivity index (χ0n) is 11.1. The van der Waals surface area contributed by atoms with Crippen molar-refractivity contribution in [1.29, 1.82) is 0 Å². The molecule has 0 fully saturated rings. The number of hydrogen-bond donors (Lipinski definition) is 1. The molecule has 0 aliphatic rings. The second kappa shape index (κ2) is 6.87. The van der Waals surface area contributed by atoms with Crippen molar-refractivity contribution in [2.75, 3.05) is 7.05 Å². The summed E-state index contributed by atoms with van der Waals surface area (Å²) in [7, 11) is 1.66. The van der Waals surface area contributed by atoms with Crippen molar-refractivity contribution < 1.29 is 19.1 Å². The lowest BCUT2D eigenvalue weighted by molar-refractivity contribution is -0.137. The van der Waals surface area contributed by atoms with Crippen LogP contribution in [0.3, 0.4) is 0 Å². The van der Waals surface area contributed by atoms with E-state index in [4.69, 9.17) is 5.11 Å². The number of carbonyl (C=O) groups excluding carboxylic acids is 1. The molecular weight excluding hydrogens is 249 g/mol. The average Bonchev–Trinajstić information content (AvgIpc) is 2.37. The van der Waals surface area contributed by atoms with E-state index in [2.05, 4.69) is 0 Å². The normalized spacial score (nSPS) is 11.9. The molecule has 1 atom stereocenters. The molecule has 5 heteroatoms. The Morgan fingerprint density at radius 1 is 1.26 bits per heavy atom. The van der Waals surface area contributed by atoms with Crippen molar-refractivity contribution in [3.8, 4) is 0 Å². The lowest BCUT2D eigenvalue weighted by Crippen LogP contribution is -2.29. The fourth-order valence-corrected chi connectivity index (χ4v) is 1.75. The number of benzene rings is 1. The topological polar surface area (TPSA) is 57.6 Å². The molecule has 0 saturated heterocycles. The molecular formula is C14H18FNO3. The zero-order chi connectivity index (χ0) is 14.4. The van der Waals surface area contributed by atoms with Gasteiger partial charge in [-0.05, 0) is 31.0 Å². The number of amides is 1. The second-order valence-electron chi connectivity index (χ2n) is 4.48. The molecule has 104 valence electrons. The zero-order valence-corrected chi connectivity index (χ0v) is 11.1. The van der Waals surface area contributed by atoms with Gasteiger partial charge in [0.15, 0.2) is 0 Å². The van der Waals surface area contributed by atoms with Gasteiger partial charge in [-0.25, -0.2) is 4.39 Å². The lowest BCUT2D eigenvalue weighted by atomic mass is 10.1. The Morgan fingerprint density at radius 2 is 1.84 bits per heavy atom. The van der Waals surface area contributed by atoms with E-state index in [0.29, 0.717) is 6.42 Å². The summed E-state index contributed by atoms with van der Waals surface area (Å²) in [6.07, 6.45) is 0.521. The van der Waals surface area contributed by atoms with Gasteiger partial charge >= 0.3 is 5.97 Å². The fourth-order valence-electron chi connectivity index (χ4n) is 1.75. The molecule has 4 nitrogen and oxygen atoms in total. The maximum Gasteiger partial charge on any atom is 0.303 e. The molecule has 0 heterocycles. The van der Waals surface area contributed by atoms with Gasteiger partial charge in [0.1, 0.15) is 5.82 Å². The number of rotatable bonds is 6. The van der Waals surface area contributed by atoms with Crippen molar-refractivity contribution >= 4 is 11.9 Å². The van der Waals surface area contributed by atoms with Crippen molar-refractivity contribution in [3.05, 3.63) is 35.6 Å². The smallest absolute Gasteiger partial charge is 0.303 e. The highest BCUT2D eigenvalue weighted by Crippen LogP contribution is 2.20. The highest BCUT2D eigenvalue weighted by molar-refractivity contribution is 5.77. The van der Waals surface area contributed by atoms with Crippen LogP contribution in [0.5, 0.6) is 0 Å². The largest absolute Gasteiger partial charge is 0.481 e. The Balaban J connectivity index is 2.56. The Bertz CT molecular complexity index is 445. The molecule has 0 aliphatic heterocycles. The van der Waals surface area contributed by atoms with Crippen LogP contribution >= 0.6 is 0 Å². The summed E-state index contributed by atoms with van der Waals surface area (Å²) in [6, 6.07) is 5.82. The number of nitrogens with zero attached hydrogens (tertiary/aromatic N) is 1. The van der Waals surface area contributed by atoms with Gasteiger partial charge in [-0.2, -0.15) is 0 Å². The third-order valence-electron chi connectivity index (χ3n) is 3.11. The Labute approximate surface area is 111 Å². The SMILES string of the molecule is CC(c1ccc(F)cc1)N(C)C(=O)CCCC(=O)O. The van der Waals surface area contributed by atoms with Crippen molar-refractivity contribution in [2.24, 2.45) is 0 Å². The van der Waals surface area contributed by atoms with Gasteiger partial charge in [-0.3, -0.25) is 9.59 Å². The summed E-state index contributed by atoms with van der Waals surface area (Å²) in [5.41, 5.74) is 0.843. The number of halogens is 1. The minimum absolute atomic E-state index is 0.00942. The molecule has 0 spiro atoms. The van der Waals surface area contributed by atoms with Crippen LogP contribution in [0.15, 0.2) is 24.3 Å². The first kappa shape index (κ1) is 15.1. The Hall–Kier alpha value is -1.91. The summed E-state index contributed by atoms with van der Waals surface area (Å²) < 4.78 is 12.8. The number of carboxylic acid groups (broad SMARTS) is 1. The number of aliphatic carboxylic acids is 1. The second-order valence-corrected chi connectivity index (χ2v) is 4.48. The minimum Gasteiger partial charge on any atom is -0.481 e.